The normalized spacial score (nSPS) is 18.4. The summed E-state index contributed by atoms with van der Waals surface area (Å²) in [5.74, 6) is 1.58. The van der Waals surface area contributed by atoms with Crippen LogP contribution in [0, 0.1) is 0 Å². The van der Waals surface area contributed by atoms with Gasteiger partial charge in [-0.05, 0) is 31.0 Å². The second-order valence-corrected chi connectivity index (χ2v) is 5.26. The Kier molecular flexibility index (Phi) is 4.02. The van der Waals surface area contributed by atoms with Gasteiger partial charge in [-0.15, -0.1) is 0 Å². The third kappa shape index (κ3) is 2.70. The van der Waals surface area contributed by atoms with Crippen molar-refractivity contribution < 1.29 is 4.74 Å². The van der Waals surface area contributed by atoms with E-state index >= 15 is 0 Å². The number of para-hydroxylation sites is 1. The van der Waals surface area contributed by atoms with Gasteiger partial charge < -0.3 is 14.6 Å². The summed E-state index contributed by atoms with van der Waals surface area (Å²) in [6.07, 6.45) is 6.14. The van der Waals surface area contributed by atoms with Gasteiger partial charge >= 0.3 is 0 Å². The second kappa shape index (κ2) is 6.09. The van der Waals surface area contributed by atoms with Gasteiger partial charge in [0.2, 0.25) is 0 Å². The molecule has 4 nitrogen and oxygen atoms in total. The van der Waals surface area contributed by atoms with E-state index in [0.29, 0.717) is 5.92 Å². The minimum absolute atomic E-state index is 0.607. The van der Waals surface area contributed by atoms with Gasteiger partial charge in [-0.25, -0.2) is 4.98 Å². The molecule has 1 unspecified atom stereocenters. The van der Waals surface area contributed by atoms with Crippen LogP contribution in [-0.4, -0.2) is 29.8 Å². The van der Waals surface area contributed by atoms with Crippen molar-refractivity contribution in [3.05, 3.63) is 48.0 Å². The van der Waals surface area contributed by atoms with Crippen LogP contribution in [0.25, 0.3) is 0 Å². The molecule has 1 aromatic carbocycles. The predicted molar refractivity (Wildman–Crippen MR) is 79.2 cm³/mol. The Morgan fingerprint density at radius 1 is 1.40 bits per heavy atom. The molecule has 2 heterocycles. The van der Waals surface area contributed by atoms with Crippen LogP contribution in [0.15, 0.2) is 36.8 Å². The quantitative estimate of drug-likeness (QED) is 0.906. The van der Waals surface area contributed by atoms with Crippen LogP contribution in [0.5, 0.6) is 5.75 Å². The fraction of sp³-hybridized carbons (Fsp3) is 0.438. The van der Waals surface area contributed by atoms with Crippen LogP contribution in [0.1, 0.15) is 23.6 Å². The largest absolute Gasteiger partial charge is 0.496 e. The van der Waals surface area contributed by atoms with E-state index in [1.54, 1.807) is 7.11 Å². The van der Waals surface area contributed by atoms with Crippen LogP contribution in [0.3, 0.4) is 0 Å². The van der Waals surface area contributed by atoms with Crippen LogP contribution >= 0.6 is 0 Å². The van der Waals surface area contributed by atoms with Gasteiger partial charge in [-0.1, -0.05) is 18.2 Å². The number of ether oxygens (including phenoxy) is 1. The molecule has 1 saturated heterocycles. The average molecular weight is 271 g/mol. The molecule has 0 saturated carbocycles. The Labute approximate surface area is 119 Å². The van der Waals surface area contributed by atoms with Crippen LogP contribution in [0.2, 0.25) is 0 Å². The van der Waals surface area contributed by atoms with E-state index in [2.05, 4.69) is 27.0 Å². The van der Waals surface area contributed by atoms with Gasteiger partial charge in [-0.3, -0.25) is 0 Å². The third-order valence-electron chi connectivity index (χ3n) is 4.04. The molecule has 4 heteroatoms. The number of imidazole rings is 1. The molecule has 2 aromatic rings. The molecular formula is C16H21N3O. The van der Waals surface area contributed by atoms with Gasteiger partial charge in [0.05, 0.1) is 13.4 Å². The van der Waals surface area contributed by atoms with E-state index in [0.717, 1.165) is 31.8 Å². The summed E-state index contributed by atoms with van der Waals surface area (Å²) in [5.41, 5.74) is 2.60. The molecule has 0 spiro atoms. The van der Waals surface area contributed by atoms with Crippen LogP contribution in [0.4, 0.5) is 0 Å². The first-order chi connectivity index (χ1) is 9.88. The fourth-order valence-electron chi connectivity index (χ4n) is 2.92. The maximum atomic E-state index is 5.41. The van der Waals surface area contributed by atoms with Crippen molar-refractivity contribution in [3.8, 4) is 5.75 Å². The number of nitrogens with zero attached hydrogens (tertiary/aromatic N) is 2. The zero-order chi connectivity index (χ0) is 13.8. The van der Waals surface area contributed by atoms with Crippen LogP contribution in [-0.2, 0) is 13.0 Å². The molecule has 0 bridgehead atoms. The Morgan fingerprint density at radius 3 is 3.10 bits per heavy atom. The summed E-state index contributed by atoms with van der Waals surface area (Å²) in [6.45, 7) is 3.13. The van der Waals surface area contributed by atoms with Crippen molar-refractivity contribution in [2.75, 3.05) is 20.2 Å². The first-order valence-corrected chi connectivity index (χ1v) is 7.21. The topological polar surface area (TPSA) is 39.1 Å². The summed E-state index contributed by atoms with van der Waals surface area (Å²) < 4.78 is 7.69. The molecule has 1 N–H and O–H groups in total. The molecule has 20 heavy (non-hydrogen) atoms. The zero-order valence-corrected chi connectivity index (χ0v) is 11.9. The van der Waals surface area contributed by atoms with E-state index in [-0.39, 0.29) is 0 Å². The maximum absolute atomic E-state index is 5.41. The second-order valence-electron chi connectivity index (χ2n) is 5.26. The molecule has 106 valence electrons. The maximum Gasteiger partial charge on any atom is 0.122 e. The SMILES string of the molecule is COc1ccccc1CCn1cncc1C1CCNC1. The highest BCUT2D eigenvalue weighted by molar-refractivity contribution is 5.33. The van der Waals surface area contributed by atoms with Crippen molar-refractivity contribution in [3.63, 3.8) is 0 Å². The summed E-state index contributed by atoms with van der Waals surface area (Å²) in [5, 5.41) is 3.42. The zero-order valence-electron chi connectivity index (χ0n) is 11.9. The smallest absolute Gasteiger partial charge is 0.122 e. The van der Waals surface area contributed by atoms with Crippen molar-refractivity contribution in [2.45, 2.75) is 25.3 Å². The monoisotopic (exact) mass is 271 g/mol. The molecule has 0 aliphatic carbocycles. The fourth-order valence-corrected chi connectivity index (χ4v) is 2.92. The molecule has 0 radical (unpaired) electrons. The Bertz CT molecular complexity index is 558. The van der Waals surface area contributed by atoms with E-state index in [1.165, 1.54) is 17.7 Å². The highest BCUT2D eigenvalue weighted by atomic mass is 16.5. The van der Waals surface area contributed by atoms with Gasteiger partial charge in [0.1, 0.15) is 5.75 Å². The van der Waals surface area contributed by atoms with Crippen molar-refractivity contribution in [2.24, 2.45) is 0 Å². The minimum atomic E-state index is 0.607. The number of methoxy groups -OCH3 is 1. The highest BCUT2D eigenvalue weighted by Crippen LogP contribution is 2.23. The molecule has 1 aromatic heterocycles. The van der Waals surface area contributed by atoms with Gasteiger partial charge in [0, 0.05) is 30.9 Å². The lowest BCUT2D eigenvalue weighted by molar-refractivity contribution is 0.408. The minimum Gasteiger partial charge on any atom is -0.496 e. The predicted octanol–water partition coefficient (Wildman–Crippen LogP) is 2.21. The molecule has 3 rings (SSSR count). The number of hydrogen-bond donors (Lipinski definition) is 1. The highest BCUT2D eigenvalue weighted by Gasteiger charge is 2.20. The molecular weight excluding hydrogens is 250 g/mol. The van der Waals surface area contributed by atoms with Crippen molar-refractivity contribution in [1.29, 1.82) is 0 Å². The molecule has 0 amide bonds. The van der Waals surface area contributed by atoms with Gasteiger partial charge in [0.15, 0.2) is 0 Å². The Balaban J connectivity index is 1.71. The van der Waals surface area contributed by atoms with Crippen molar-refractivity contribution >= 4 is 0 Å². The standard InChI is InChI=1S/C16H21N3O/c1-20-16-5-3-2-4-13(16)7-9-19-12-18-11-15(19)14-6-8-17-10-14/h2-5,11-12,14,17H,6-10H2,1H3. The Hall–Kier alpha value is -1.81. The summed E-state index contributed by atoms with van der Waals surface area (Å²) in [7, 11) is 1.73. The number of aromatic nitrogens is 2. The van der Waals surface area contributed by atoms with Crippen LogP contribution < -0.4 is 10.1 Å². The molecule has 1 atom stereocenters. The molecule has 1 aliphatic heterocycles. The average Bonchev–Trinajstić information content (AvgIpc) is 3.15. The van der Waals surface area contributed by atoms with E-state index in [9.17, 15) is 0 Å². The lowest BCUT2D eigenvalue weighted by Crippen LogP contribution is -2.12. The van der Waals surface area contributed by atoms with E-state index < -0.39 is 0 Å². The first-order valence-electron chi connectivity index (χ1n) is 7.21. The summed E-state index contributed by atoms with van der Waals surface area (Å²) in [6, 6.07) is 8.22. The number of benzene rings is 1. The lowest BCUT2D eigenvalue weighted by Gasteiger charge is -2.14. The van der Waals surface area contributed by atoms with Gasteiger partial charge in [-0.2, -0.15) is 0 Å². The first kappa shape index (κ1) is 13.2. The summed E-state index contributed by atoms with van der Waals surface area (Å²) in [4.78, 5) is 4.33. The molecule has 1 fully saturated rings. The number of nitrogens with one attached hydrogen (secondary N) is 1. The number of rotatable bonds is 5. The third-order valence-corrected chi connectivity index (χ3v) is 4.04. The lowest BCUT2D eigenvalue weighted by atomic mass is 10.1. The number of hydrogen-bond acceptors (Lipinski definition) is 3. The van der Waals surface area contributed by atoms with Gasteiger partial charge in [0.25, 0.3) is 0 Å². The van der Waals surface area contributed by atoms with E-state index in [4.69, 9.17) is 4.74 Å². The summed E-state index contributed by atoms with van der Waals surface area (Å²) >= 11 is 0. The Morgan fingerprint density at radius 2 is 2.30 bits per heavy atom. The number of aryl methyl sites for hydroxylation is 2. The van der Waals surface area contributed by atoms with E-state index in [1.807, 2.05) is 24.7 Å². The molecule has 1 aliphatic rings. The van der Waals surface area contributed by atoms with Crippen molar-refractivity contribution in [1.82, 2.24) is 14.9 Å².